The number of aliphatic carboxylic acids is 1. The van der Waals surface area contributed by atoms with E-state index in [4.69, 9.17) is 10.8 Å². The Morgan fingerprint density at radius 3 is 2.38 bits per heavy atom. The van der Waals surface area contributed by atoms with E-state index >= 15 is 0 Å². The summed E-state index contributed by atoms with van der Waals surface area (Å²) in [6.45, 7) is 3.46. The van der Waals surface area contributed by atoms with Crippen LogP contribution in [-0.2, 0) is 4.79 Å². The fourth-order valence-electron chi connectivity index (χ4n) is 1.44. The van der Waals surface area contributed by atoms with Crippen molar-refractivity contribution in [2.45, 2.75) is 25.8 Å². The second kappa shape index (κ2) is 4.57. The Balaban J connectivity index is 3.37. The standard InChI is InChI=1S/C11H13F2NO2/c1-5(2)6-3-4-7(12)8(9(6)13)10(14)11(15)16/h3-5,10H,14H2,1-2H3,(H,15,16). The summed E-state index contributed by atoms with van der Waals surface area (Å²) in [4.78, 5) is 10.6. The molecular weight excluding hydrogens is 216 g/mol. The van der Waals surface area contributed by atoms with Crippen molar-refractivity contribution in [1.82, 2.24) is 0 Å². The highest BCUT2D eigenvalue weighted by Crippen LogP contribution is 2.26. The van der Waals surface area contributed by atoms with Gasteiger partial charge in [-0.2, -0.15) is 0 Å². The molecule has 5 heteroatoms. The van der Waals surface area contributed by atoms with Crippen LogP contribution < -0.4 is 5.73 Å². The van der Waals surface area contributed by atoms with Gasteiger partial charge in [-0.1, -0.05) is 19.9 Å². The van der Waals surface area contributed by atoms with Gasteiger partial charge in [0.1, 0.15) is 17.7 Å². The zero-order chi connectivity index (χ0) is 12.5. The van der Waals surface area contributed by atoms with E-state index in [0.717, 1.165) is 6.07 Å². The maximum absolute atomic E-state index is 13.8. The van der Waals surface area contributed by atoms with E-state index in [9.17, 15) is 13.6 Å². The van der Waals surface area contributed by atoms with E-state index < -0.39 is 29.2 Å². The molecule has 3 nitrogen and oxygen atoms in total. The first-order chi connectivity index (χ1) is 7.36. The quantitative estimate of drug-likeness (QED) is 0.834. The van der Waals surface area contributed by atoms with Gasteiger partial charge in [-0.3, -0.25) is 4.79 Å². The number of carboxylic acid groups (broad SMARTS) is 1. The smallest absolute Gasteiger partial charge is 0.325 e. The summed E-state index contributed by atoms with van der Waals surface area (Å²) in [6, 6.07) is 0.655. The second-order valence-corrected chi connectivity index (χ2v) is 3.83. The second-order valence-electron chi connectivity index (χ2n) is 3.83. The van der Waals surface area contributed by atoms with Gasteiger partial charge in [0.25, 0.3) is 0 Å². The predicted molar refractivity (Wildman–Crippen MR) is 55.0 cm³/mol. The van der Waals surface area contributed by atoms with Gasteiger partial charge < -0.3 is 10.8 Å². The Kier molecular flexibility index (Phi) is 3.59. The molecule has 0 spiro atoms. The molecule has 0 aromatic heterocycles. The topological polar surface area (TPSA) is 63.3 Å². The summed E-state index contributed by atoms with van der Waals surface area (Å²) >= 11 is 0. The number of hydrogen-bond donors (Lipinski definition) is 2. The molecular formula is C11H13F2NO2. The Morgan fingerprint density at radius 2 is 1.94 bits per heavy atom. The van der Waals surface area contributed by atoms with Crippen LogP contribution in [0.2, 0.25) is 0 Å². The lowest BCUT2D eigenvalue weighted by Gasteiger charge is -2.14. The molecule has 0 aliphatic heterocycles. The van der Waals surface area contributed by atoms with Crippen LogP contribution >= 0.6 is 0 Å². The van der Waals surface area contributed by atoms with Crippen molar-refractivity contribution in [3.05, 3.63) is 34.9 Å². The van der Waals surface area contributed by atoms with Crippen molar-refractivity contribution in [2.24, 2.45) is 5.73 Å². The van der Waals surface area contributed by atoms with Crippen molar-refractivity contribution in [3.8, 4) is 0 Å². The summed E-state index contributed by atoms with van der Waals surface area (Å²) in [5.41, 5.74) is 4.90. The highest BCUT2D eigenvalue weighted by Gasteiger charge is 2.25. The Bertz CT molecular complexity index is 419. The Labute approximate surface area is 91.9 Å². The minimum atomic E-state index is -1.68. The van der Waals surface area contributed by atoms with Crippen molar-refractivity contribution in [1.29, 1.82) is 0 Å². The molecule has 88 valence electrons. The van der Waals surface area contributed by atoms with Gasteiger partial charge >= 0.3 is 5.97 Å². The third kappa shape index (κ3) is 2.19. The lowest BCUT2D eigenvalue weighted by Crippen LogP contribution is -2.24. The molecule has 0 heterocycles. The van der Waals surface area contributed by atoms with E-state index in [1.165, 1.54) is 6.07 Å². The lowest BCUT2D eigenvalue weighted by molar-refractivity contribution is -0.138. The zero-order valence-electron chi connectivity index (χ0n) is 9.00. The van der Waals surface area contributed by atoms with Gasteiger partial charge in [0.2, 0.25) is 0 Å². The predicted octanol–water partition coefficient (Wildman–Crippen LogP) is 2.17. The van der Waals surface area contributed by atoms with E-state index in [-0.39, 0.29) is 11.5 Å². The van der Waals surface area contributed by atoms with Gasteiger partial charge in [0.05, 0.1) is 5.56 Å². The number of rotatable bonds is 3. The molecule has 16 heavy (non-hydrogen) atoms. The number of nitrogens with two attached hydrogens (primary N) is 1. The van der Waals surface area contributed by atoms with Crippen molar-refractivity contribution in [2.75, 3.05) is 0 Å². The van der Waals surface area contributed by atoms with E-state index in [0.29, 0.717) is 0 Å². The molecule has 1 rings (SSSR count). The first kappa shape index (κ1) is 12.6. The van der Waals surface area contributed by atoms with Crippen LogP contribution in [0.5, 0.6) is 0 Å². The lowest BCUT2D eigenvalue weighted by atomic mass is 9.96. The SMILES string of the molecule is CC(C)c1ccc(F)c(C(N)C(=O)O)c1F. The summed E-state index contributed by atoms with van der Waals surface area (Å²) in [7, 11) is 0. The highest BCUT2D eigenvalue weighted by atomic mass is 19.1. The third-order valence-electron chi connectivity index (χ3n) is 2.36. The first-order valence-electron chi connectivity index (χ1n) is 4.82. The largest absolute Gasteiger partial charge is 0.480 e. The van der Waals surface area contributed by atoms with Crippen molar-refractivity contribution in [3.63, 3.8) is 0 Å². The van der Waals surface area contributed by atoms with E-state index in [2.05, 4.69) is 0 Å². The van der Waals surface area contributed by atoms with E-state index in [1.54, 1.807) is 13.8 Å². The van der Waals surface area contributed by atoms with Crippen LogP contribution in [0.25, 0.3) is 0 Å². The average Bonchev–Trinajstić information content (AvgIpc) is 2.16. The molecule has 0 aliphatic rings. The average molecular weight is 229 g/mol. The molecule has 0 bridgehead atoms. The zero-order valence-corrected chi connectivity index (χ0v) is 9.00. The number of benzene rings is 1. The first-order valence-corrected chi connectivity index (χ1v) is 4.82. The van der Waals surface area contributed by atoms with Gasteiger partial charge in [0, 0.05) is 0 Å². The van der Waals surface area contributed by atoms with Crippen LogP contribution in [0.3, 0.4) is 0 Å². The number of carbonyl (C=O) groups is 1. The minimum Gasteiger partial charge on any atom is -0.480 e. The molecule has 1 aromatic rings. The molecule has 0 aliphatic carbocycles. The van der Waals surface area contributed by atoms with Crippen LogP contribution in [0, 0.1) is 11.6 Å². The maximum Gasteiger partial charge on any atom is 0.325 e. The van der Waals surface area contributed by atoms with Crippen LogP contribution in [0.4, 0.5) is 8.78 Å². The number of hydrogen-bond acceptors (Lipinski definition) is 2. The van der Waals surface area contributed by atoms with Gasteiger partial charge in [-0.15, -0.1) is 0 Å². The Morgan fingerprint density at radius 1 is 1.38 bits per heavy atom. The molecule has 0 fully saturated rings. The summed E-state index contributed by atoms with van der Waals surface area (Å²) in [5.74, 6) is -3.43. The molecule has 1 aromatic carbocycles. The van der Waals surface area contributed by atoms with Crippen LogP contribution in [-0.4, -0.2) is 11.1 Å². The minimum absolute atomic E-state index is 0.166. The number of halogens is 2. The Hall–Kier alpha value is -1.49. The summed E-state index contributed by atoms with van der Waals surface area (Å²) in [6.07, 6.45) is 0. The maximum atomic E-state index is 13.8. The molecule has 0 amide bonds. The summed E-state index contributed by atoms with van der Waals surface area (Å²) in [5, 5.41) is 8.66. The highest BCUT2D eigenvalue weighted by molar-refractivity contribution is 5.75. The number of carboxylic acids is 1. The molecule has 1 atom stereocenters. The fourth-order valence-corrected chi connectivity index (χ4v) is 1.44. The molecule has 0 saturated heterocycles. The van der Waals surface area contributed by atoms with E-state index in [1.807, 2.05) is 0 Å². The molecule has 3 N–H and O–H groups in total. The monoisotopic (exact) mass is 229 g/mol. The van der Waals surface area contributed by atoms with Gasteiger partial charge in [0.15, 0.2) is 0 Å². The normalized spacial score (nSPS) is 12.9. The fraction of sp³-hybridized carbons (Fsp3) is 0.364. The van der Waals surface area contributed by atoms with Crippen molar-refractivity contribution < 1.29 is 18.7 Å². The molecule has 1 unspecified atom stereocenters. The third-order valence-corrected chi connectivity index (χ3v) is 2.36. The van der Waals surface area contributed by atoms with Gasteiger partial charge in [-0.05, 0) is 17.5 Å². The summed E-state index contributed by atoms with van der Waals surface area (Å²) < 4.78 is 27.1. The van der Waals surface area contributed by atoms with Crippen LogP contribution in [0.15, 0.2) is 12.1 Å². The molecule has 0 saturated carbocycles. The van der Waals surface area contributed by atoms with Crippen LogP contribution in [0.1, 0.15) is 36.9 Å². The van der Waals surface area contributed by atoms with Gasteiger partial charge in [-0.25, -0.2) is 8.78 Å². The van der Waals surface area contributed by atoms with Crippen molar-refractivity contribution >= 4 is 5.97 Å². The molecule has 0 radical (unpaired) electrons.